The molecule has 1 aromatic carbocycles. The first kappa shape index (κ1) is 12.7. The van der Waals surface area contributed by atoms with Crippen LogP contribution >= 0.6 is 0 Å². The van der Waals surface area contributed by atoms with Crippen molar-refractivity contribution in [1.29, 1.82) is 0 Å². The maximum Gasteiger partial charge on any atom is 0.311 e. The number of nitro groups is 1. The van der Waals surface area contributed by atoms with Crippen LogP contribution in [0.25, 0.3) is 0 Å². The van der Waals surface area contributed by atoms with E-state index in [2.05, 4.69) is 12.2 Å². The Labute approximate surface area is 106 Å². The third-order valence-electron chi connectivity index (χ3n) is 3.66. The largest absolute Gasteiger partial charge is 0.490 e. The molecule has 0 aromatic heterocycles. The molecule has 1 aliphatic rings. The third-order valence-corrected chi connectivity index (χ3v) is 3.66. The van der Waals surface area contributed by atoms with Crippen LogP contribution in [-0.2, 0) is 0 Å². The summed E-state index contributed by atoms with van der Waals surface area (Å²) in [5, 5.41) is 14.1. The number of methoxy groups -OCH3 is 1. The molecule has 0 amide bonds. The van der Waals surface area contributed by atoms with Gasteiger partial charge < -0.3 is 10.1 Å². The SMILES string of the molecule is COc1cc(NCC2(C)CCC2)ccc1[N+](=O)[O-]. The molecule has 1 N–H and O–H groups in total. The number of nitro benzene ring substituents is 1. The van der Waals surface area contributed by atoms with Crippen molar-refractivity contribution in [2.45, 2.75) is 26.2 Å². The Morgan fingerprint density at radius 1 is 1.50 bits per heavy atom. The van der Waals surface area contributed by atoms with E-state index in [1.54, 1.807) is 12.1 Å². The van der Waals surface area contributed by atoms with E-state index in [-0.39, 0.29) is 5.69 Å². The first-order valence-corrected chi connectivity index (χ1v) is 6.10. The first-order chi connectivity index (χ1) is 8.54. The summed E-state index contributed by atoms with van der Waals surface area (Å²) in [7, 11) is 1.44. The van der Waals surface area contributed by atoms with Gasteiger partial charge >= 0.3 is 5.69 Å². The summed E-state index contributed by atoms with van der Waals surface area (Å²) in [4.78, 5) is 10.3. The second-order valence-corrected chi connectivity index (χ2v) is 5.16. The molecule has 1 aromatic rings. The van der Waals surface area contributed by atoms with Crippen molar-refractivity contribution in [3.63, 3.8) is 0 Å². The van der Waals surface area contributed by atoms with Gasteiger partial charge in [0.15, 0.2) is 5.75 Å². The lowest BCUT2D eigenvalue weighted by Crippen LogP contribution is -2.33. The van der Waals surface area contributed by atoms with Crippen molar-refractivity contribution in [2.75, 3.05) is 19.0 Å². The van der Waals surface area contributed by atoms with Crippen LogP contribution < -0.4 is 10.1 Å². The predicted octanol–water partition coefficient (Wildman–Crippen LogP) is 3.21. The molecule has 0 unspecified atom stereocenters. The van der Waals surface area contributed by atoms with Crippen LogP contribution in [0.1, 0.15) is 26.2 Å². The molecule has 0 radical (unpaired) electrons. The number of nitrogens with one attached hydrogen (secondary N) is 1. The van der Waals surface area contributed by atoms with Crippen molar-refractivity contribution in [2.24, 2.45) is 5.41 Å². The summed E-state index contributed by atoms with van der Waals surface area (Å²) in [6.07, 6.45) is 3.77. The molecular formula is C13H18N2O3. The van der Waals surface area contributed by atoms with Gasteiger partial charge in [0.2, 0.25) is 0 Å². The van der Waals surface area contributed by atoms with Gasteiger partial charge in [0.25, 0.3) is 0 Å². The minimum Gasteiger partial charge on any atom is -0.490 e. The average Bonchev–Trinajstić information content (AvgIpc) is 2.33. The highest BCUT2D eigenvalue weighted by molar-refractivity contribution is 5.58. The molecule has 98 valence electrons. The molecule has 1 fully saturated rings. The van der Waals surface area contributed by atoms with Crippen LogP contribution in [0.2, 0.25) is 0 Å². The highest BCUT2D eigenvalue weighted by Gasteiger charge is 2.31. The van der Waals surface area contributed by atoms with Crippen molar-refractivity contribution in [3.8, 4) is 5.75 Å². The number of hydrogen-bond donors (Lipinski definition) is 1. The van der Waals surface area contributed by atoms with Gasteiger partial charge in [-0.25, -0.2) is 0 Å². The molecule has 0 spiro atoms. The molecule has 2 rings (SSSR count). The second-order valence-electron chi connectivity index (χ2n) is 5.16. The van der Waals surface area contributed by atoms with E-state index >= 15 is 0 Å². The van der Waals surface area contributed by atoms with Gasteiger partial charge in [0, 0.05) is 24.4 Å². The van der Waals surface area contributed by atoms with Gasteiger partial charge in [0.05, 0.1) is 12.0 Å². The summed E-state index contributed by atoms with van der Waals surface area (Å²) in [5.74, 6) is 0.295. The van der Waals surface area contributed by atoms with Gasteiger partial charge in [-0.15, -0.1) is 0 Å². The van der Waals surface area contributed by atoms with Crippen molar-refractivity contribution >= 4 is 11.4 Å². The number of nitrogens with zero attached hydrogens (tertiary/aromatic N) is 1. The number of ether oxygens (including phenoxy) is 1. The van der Waals surface area contributed by atoms with E-state index in [9.17, 15) is 10.1 Å². The van der Waals surface area contributed by atoms with Crippen LogP contribution in [0, 0.1) is 15.5 Å². The fourth-order valence-corrected chi connectivity index (χ4v) is 2.21. The van der Waals surface area contributed by atoms with Crippen LogP contribution in [0.3, 0.4) is 0 Å². The molecule has 5 heteroatoms. The Morgan fingerprint density at radius 3 is 2.72 bits per heavy atom. The Hall–Kier alpha value is -1.78. The summed E-state index contributed by atoms with van der Waals surface area (Å²) >= 11 is 0. The van der Waals surface area contributed by atoms with E-state index in [1.165, 1.54) is 32.4 Å². The number of anilines is 1. The third kappa shape index (κ3) is 2.55. The van der Waals surface area contributed by atoms with E-state index in [1.807, 2.05) is 0 Å². The van der Waals surface area contributed by atoms with Gasteiger partial charge in [-0.3, -0.25) is 10.1 Å². The van der Waals surface area contributed by atoms with Crippen LogP contribution in [0.15, 0.2) is 18.2 Å². The van der Waals surface area contributed by atoms with Crippen LogP contribution in [0.4, 0.5) is 11.4 Å². The van der Waals surface area contributed by atoms with Gasteiger partial charge in [-0.1, -0.05) is 13.3 Å². The lowest BCUT2D eigenvalue weighted by atomic mass is 9.70. The molecule has 18 heavy (non-hydrogen) atoms. The molecule has 0 saturated heterocycles. The molecular weight excluding hydrogens is 232 g/mol. The van der Waals surface area contributed by atoms with Crippen LogP contribution in [-0.4, -0.2) is 18.6 Å². The molecule has 0 heterocycles. The molecule has 5 nitrogen and oxygen atoms in total. The minimum atomic E-state index is -0.435. The first-order valence-electron chi connectivity index (χ1n) is 6.10. The van der Waals surface area contributed by atoms with Gasteiger partial charge in [-0.05, 0) is 24.3 Å². The van der Waals surface area contributed by atoms with Crippen molar-refractivity contribution < 1.29 is 9.66 Å². The van der Waals surface area contributed by atoms with Crippen LogP contribution in [0.5, 0.6) is 5.75 Å². The number of hydrogen-bond acceptors (Lipinski definition) is 4. The Bertz CT molecular complexity index is 456. The van der Waals surface area contributed by atoms with E-state index in [4.69, 9.17) is 4.74 Å². The van der Waals surface area contributed by atoms with E-state index in [0.29, 0.717) is 11.2 Å². The normalized spacial score (nSPS) is 16.8. The average molecular weight is 250 g/mol. The predicted molar refractivity (Wildman–Crippen MR) is 70.1 cm³/mol. The maximum atomic E-state index is 10.8. The summed E-state index contributed by atoms with van der Waals surface area (Å²) in [6.45, 7) is 3.15. The Balaban J connectivity index is 2.07. The molecule has 1 aliphatic carbocycles. The second kappa shape index (κ2) is 4.84. The number of benzene rings is 1. The monoisotopic (exact) mass is 250 g/mol. The zero-order valence-electron chi connectivity index (χ0n) is 10.7. The fourth-order valence-electron chi connectivity index (χ4n) is 2.21. The molecule has 0 bridgehead atoms. The fraction of sp³-hybridized carbons (Fsp3) is 0.538. The zero-order valence-corrected chi connectivity index (χ0v) is 10.7. The van der Waals surface area contributed by atoms with Gasteiger partial charge in [0.1, 0.15) is 0 Å². The topological polar surface area (TPSA) is 64.4 Å². The highest BCUT2D eigenvalue weighted by Crippen LogP contribution is 2.40. The lowest BCUT2D eigenvalue weighted by molar-refractivity contribution is -0.385. The standard InChI is InChI=1S/C13H18N2O3/c1-13(6-3-7-13)9-14-10-4-5-11(15(16)17)12(8-10)18-2/h4-5,8,14H,3,6-7,9H2,1-2H3. The van der Waals surface area contributed by atoms with Crippen molar-refractivity contribution in [3.05, 3.63) is 28.3 Å². The summed E-state index contributed by atoms with van der Waals surface area (Å²) in [6, 6.07) is 4.88. The quantitative estimate of drug-likeness (QED) is 0.643. The molecule has 0 atom stereocenters. The maximum absolute atomic E-state index is 10.8. The number of rotatable bonds is 5. The van der Waals surface area contributed by atoms with E-state index in [0.717, 1.165) is 12.2 Å². The summed E-state index contributed by atoms with van der Waals surface area (Å²) < 4.78 is 5.04. The zero-order chi connectivity index (χ0) is 13.2. The lowest BCUT2D eigenvalue weighted by Gasteiger charge is -2.38. The van der Waals surface area contributed by atoms with Crippen molar-refractivity contribution in [1.82, 2.24) is 0 Å². The summed E-state index contributed by atoms with van der Waals surface area (Å²) in [5.41, 5.74) is 1.23. The highest BCUT2D eigenvalue weighted by atomic mass is 16.6. The smallest absolute Gasteiger partial charge is 0.311 e. The molecule has 1 saturated carbocycles. The Kier molecular flexibility index (Phi) is 3.41. The molecule has 0 aliphatic heterocycles. The van der Waals surface area contributed by atoms with E-state index < -0.39 is 4.92 Å². The van der Waals surface area contributed by atoms with Gasteiger partial charge in [-0.2, -0.15) is 0 Å². The minimum absolute atomic E-state index is 0.00194. The Morgan fingerprint density at radius 2 is 2.22 bits per heavy atom.